The first-order chi connectivity index (χ1) is 12.5. The largest absolute Gasteiger partial charge is 0.303 e. The molecule has 0 aromatic carbocycles. The van der Waals surface area contributed by atoms with Crippen LogP contribution in [-0.2, 0) is 0 Å². The van der Waals surface area contributed by atoms with Gasteiger partial charge in [0.2, 0.25) is 0 Å². The second-order valence-corrected chi connectivity index (χ2v) is 10.5. The first kappa shape index (κ1) is 18.8. The summed E-state index contributed by atoms with van der Waals surface area (Å²) in [5.41, 5.74) is 1.13. The monoisotopic (exact) mass is 357 g/mol. The summed E-state index contributed by atoms with van der Waals surface area (Å²) in [4.78, 5) is 5.31. The van der Waals surface area contributed by atoms with Gasteiger partial charge in [-0.15, -0.1) is 0 Å². The maximum absolute atomic E-state index is 9.49. The summed E-state index contributed by atoms with van der Waals surface area (Å²) >= 11 is 0. The van der Waals surface area contributed by atoms with Crippen LogP contribution in [0.3, 0.4) is 0 Å². The first-order valence-corrected chi connectivity index (χ1v) is 11.3. The molecule has 4 fully saturated rings. The maximum atomic E-state index is 9.49. The summed E-state index contributed by atoms with van der Waals surface area (Å²) < 4.78 is 0. The molecule has 1 aliphatic heterocycles. The maximum Gasteiger partial charge on any atom is 0.0690 e. The quantitative estimate of drug-likeness (QED) is 0.706. The Labute approximate surface area is 161 Å². The highest BCUT2D eigenvalue weighted by molar-refractivity contribution is 5.07. The third-order valence-corrected chi connectivity index (χ3v) is 9.15. The fourth-order valence-corrected chi connectivity index (χ4v) is 6.92. The molecule has 4 aliphatic rings. The van der Waals surface area contributed by atoms with E-state index >= 15 is 0 Å². The van der Waals surface area contributed by atoms with Crippen LogP contribution in [0, 0.1) is 28.1 Å². The van der Waals surface area contributed by atoms with Gasteiger partial charge in [-0.05, 0) is 103 Å². The highest BCUT2D eigenvalue weighted by atomic mass is 15.2. The van der Waals surface area contributed by atoms with Crippen molar-refractivity contribution in [3.63, 3.8) is 0 Å². The van der Waals surface area contributed by atoms with E-state index in [1.807, 2.05) is 0 Å². The van der Waals surface area contributed by atoms with E-state index in [0.29, 0.717) is 11.0 Å². The van der Waals surface area contributed by atoms with Crippen molar-refractivity contribution in [2.24, 2.45) is 16.7 Å². The number of hydrogen-bond acceptors (Lipinski definition) is 3. The summed E-state index contributed by atoms with van der Waals surface area (Å²) in [5, 5.41) is 9.49. The lowest BCUT2D eigenvalue weighted by atomic mass is 9.62. The molecule has 0 amide bonds. The molecular formula is C23H39N3. The van der Waals surface area contributed by atoms with Crippen molar-refractivity contribution in [3.05, 3.63) is 0 Å². The fourth-order valence-electron chi connectivity index (χ4n) is 6.92. The summed E-state index contributed by atoms with van der Waals surface area (Å²) in [7, 11) is 4.69. The van der Waals surface area contributed by atoms with Crippen LogP contribution in [0.25, 0.3) is 0 Å². The standard InChI is InChI=1S/C23H39N3/c1-25(2)23(20-6-3-4-7-20)12-10-22(11-13-23)15-17-26(19-22)16-14-21(18-24)8-5-9-21/h20H,3-17,19H2,1-2H3. The van der Waals surface area contributed by atoms with Crippen LogP contribution in [0.1, 0.15) is 83.5 Å². The van der Waals surface area contributed by atoms with Gasteiger partial charge in [0.25, 0.3) is 0 Å². The highest BCUT2D eigenvalue weighted by Gasteiger charge is 2.50. The lowest BCUT2D eigenvalue weighted by molar-refractivity contribution is -0.00259. The minimum Gasteiger partial charge on any atom is -0.303 e. The van der Waals surface area contributed by atoms with E-state index in [0.717, 1.165) is 31.7 Å². The van der Waals surface area contributed by atoms with Crippen LogP contribution >= 0.6 is 0 Å². The molecule has 3 heteroatoms. The lowest BCUT2D eigenvalue weighted by Crippen LogP contribution is -2.54. The van der Waals surface area contributed by atoms with Crippen molar-refractivity contribution in [3.8, 4) is 6.07 Å². The molecule has 146 valence electrons. The van der Waals surface area contributed by atoms with Crippen LogP contribution in [-0.4, -0.2) is 49.1 Å². The Morgan fingerprint density at radius 2 is 1.65 bits per heavy atom. The molecule has 1 heterocycles. The van der Waals surface area contributed by atoms with Gasteiger partial charge in [-0.2, -0.15) is 5.26 Å². The number of hydrogen-bond donors (Lipinski definition) is 0. The van der Waals surface area contributed by atoms with Crippen molar-refractivity contribution in [1.82, 2.24) is 9.80 Å². The Morgan fingerprint density at radius 1 is 0.962 bits per heavy atom. The van der Waals surface area contributed by atoms with E-state index in [2.05, 4.69) is 30.0 Å². The van der Waals surface area contributed by atoms with Gasteiger partial charge in [-0.25, -0.2) is 0 Å². The predicted octanol–water partition coefficient (Wildman–Crippen LogP) is 4.83. The Morgan fingerprint density at radius 3 is 2.19 bits per heavy atom. The third-order valence-electron chi connectivity index (χ3n) is 9.15. The van der Waals surface area contributed by atoms with E-state index in [4.69, 9.17) is 0 Å². The normalized spacial score (nSPS) is 37.9. The molecular weight excluding hydrogens is 318 g/mol. The average molecular weight is 358 g/mol. The van der Waals surface area contributed by atoms with Gasteiger partial charge >= 0.3 is 0 Å². The van der Waals surface area contributed by atoms with Crippen LogP contribution in [0.2, 0.25) is 0 Å². The van der Waals surface area contributed by atoms with Gasteiger partial charge in [0, 0.05) is 12.1 Å². The molecule has 3 saturated carbocycles. The molecule has 0 unspecified atom stereocenters. The zero-order valence-corrected chi connectivity index (χ0v) is 17.2. The molecule has 0 aromatic rings. The van der Waals surface area contributed by atoms with Crippen LogP contribution in [0.5, 0.6) is 0 Å². The van der Waals surface area contributed by atoms with E-state index < -0.39 is 0 Å². The molecule has 3 aliphatic carbocycles. The number of nitriles is 1. The van der Waals surface area contributed by atoms with Gasteiger partial charge in [0.05, 0.1) is 11.5 Å². The lowest BCUT2D eigenvalue weighted by Gasteiger charge is -2.52. The molecule has 0 atom stereocenters. The Bertz CT molecular complexity index is 528. The smallest absolute Gasteiger partial charge is 0.0690 e. The molecule has 0 N–H and O–H groups in total. The second kappa shape index (κ2) is 7.10. The van der Waals surface area contributed by atoms with E-state index in [9.17, 15) is 5.26 Å². The van der Waals surface area contributed by atoms with Gasteiger partial charge in [-0.1, -0.05) is 19.3 Å². The zero-order valence-electron chi connectivity index (χ0n) is 17.2. The summed E-state index contributed by atoms with van der Waals surface area (Å²) in [6, 6.07) is 2.63. The SMILES string of the molecule is CN(C)C1(C2CCCC2)CCC2(CCN(CCC3(C#N)CCC3)C2)CC1. The Balaban J connectivity index is 1.33. The van der Waals surface area contributed by atoms with Gasteiger partial charge in [-0.3, -0.25) is 0 Å². The van der Waals surface area contributed by atoms with Gasteiger partial charge in [0.15, 0.2) is 0 Å². The molecule has 3 nitrogen and oxygen atoms in total. The Kier molecular flexibility index (Phi) is 5.12. The number of likely N-dealkylation sites (tertiary alicyclic amines) is 1. The molecule has 1 saturated heterocycles. The second-order valence-electron chi connectivity index (χ2n) is 10.5. The summed E-state index contributed by atoms with van der Waals surface area (Å²) in [5.74, 6) is 0.946. The predicted molar refractivity (Wildman–Crippen MR) is 107 cm³/mol. The van der Waals surface area contributed by atoms with E-state index in [1.54, 1.807) is 0 Å². The molecule has 26 heavy (non-hydrogen) atoms. The number of rotatable bonds is 5. The van der Waals surface area contributed by atoms with Crippen LogP contribution < -0.4 is 0 Å². The molecule has 1 spiro atoms. The van der Waals surface area contributed by atoms with Crippen LogP contribution in [0.15, 0.2) is 0 Å². The topological polar surface area (TPSA) is 30.3 Å². The Hall–Kier alpha value is -0.590. The van der Waals surface area contributed by atoms with Crippen molar-refractivity contribution in [2.45, 2.75) is 89.0 Å². The van der Waals surface area contributed by atoms with Crippen LogP contribution in [0.4, 0.5) is 0 Å². The van der Waals surface area contributed by atoms with Crippen molar-refractivity contribution in [1.29, 1.82) is 5.26 Å². The molecule has 4 rings (SSSR count). The summed E-state index contributed by atoms with van der Waals surface area (Å²) in [6.07, 6.45) is 17.6. The number of nitrogens with zero attached hydrogens (tertiary/aromatic N) is 3. The average Bonchev–Trinajstić information content (AvgIpc) is 3.26. The van der Waals surface area contributed by atoms with E-state index in [1.165, 1.54) is 77.3 Å². The zero-order chi connectivity index (χ0) is 18.3. The summed E-state index contributed by atoms with van der Waals surface area (Å²) in [6.45, 7) is 3.75. The highest BCUT2D eigenvalue weighted by Crippen LogP contribution is 2.53. The third kappa shape index (κ3) is 3.22. The van der Waals surface area contributed by atoms with Crippen molar-refractivity contribution in [2.75, 3.05) is 33.7 Å². The van der Waals surface area contributed by atoms with Gasteiger partial charge < -0.3 is 9.80 Å². The minimum absolute atomic E-state index is 0.0465. The molecule has 0 bridgehead atoms. The van der Waals surface area contributed by atoms with E-state index in [-0.39, 0.29) is 5.41 Å². The van der Waals surface area contributed by atoms with Gasteiger partial charge in [0.1, 0.15) is 0 Å². The first-order valence-electron chi connectivity index (χ1n) is 11.3. The van der Waals surface area contributed by atoms with Crippen molar-refractivity contribution < 1.29 is 0 Å². The van der Waals surface area contributed by atoms with Crippen molar-refractivity contribution >= 4 is 0 Å². The minimum atomic E-state index is 0.0465. The molecule has 0 radical (unpaired) electrons. The molecule has 0 aromatic heterocycles. The fraction of sp³-hybridized carbons (Fsp3) is 0.957.